The van der Waals surface area contributed by atoms with Crippen LogP contribution in [-0.4, -0.2) is 24.0 Å². The first-order valence-corrected chi connectivity index (χ1v) is 9.65. The monoisotopic (exact) mass is 339 g/mol. The van der Waals surface area contributed by atoms with Crippen molar-refractivity contribution in [2.75, 3.05) is 12.3 Å². The summed E-state index contributed by atoms with van der Waals surface area (Å²) < 4.78 is 0. The zero-order valence-electron chi connectivity index (χ0n) is 11.5. The van der Waals surface area contributed by atoms with Gasteiger partial charge >= 0.3 is 0 Å². The molecule has 6 heteroatoms. The van der Waals surface area contributed by atoms with Crippen LogP contribution in [0.2, 0.25) is 0 Å². The van der Waals surface area contributed by atoms with Crippen molar-refractivity contribution in [2.45, 2.75) is 18.6 Å². The summed E-state index contributed by atoms with van der Waals surface area (Å²) in [5, 5.41) is 8.94. The lowest BCUT2D eigenvalue weighted by Gasteiger charge is -2.04. The highest BCUT2D eigenvalue weighted by Crippen LogP contribution is 2.14. The topological polar surface area (TPSA) is 46.2 Å². The Morgan fingerprint density at radius 2 is 2.10 bits per heavy atom. The van der Waals surface area contributed by atoms with Gasteiger partial charge in [-0.2, -0.15) is 23.1 Å². The number of carbonyl (C=O) groups is 2. The molecular weight excluding hydrogens is 322 g/mol. The zero-order chi connectivity index (χ0) is 14.9. The number of ketones is 1. The molecule has 3 nitrogen and oxygen atoms in total. The Morgan fingerprint density at radius 3 is 2.81 bits per heavy atom. The second-order valence-electron chi connectivity index (χ2n) is 4.43. The number of thioether (sulfide) groups is 1. The molecule has 1 N–H and O–H groups in total. The van der Waals surface area contributed by atoms with E-state index in [4.69, 9.17) is 0 Å². The van der Waals surface area contributed by atoms with E-state index >= 15 is 0 Å². The minimum absolute atomic E-state index is 0.0453. The predicted molar refractivity (Wildman–Crippen MR) is 91.4 cm³/mol. The van der Waals surface area contributed by atoms with E-state index in [1.54, 1.807) is 29.2 Å². The van der Waals surface area contributed by atoms with Gasteiger partial charge in [-0.3, -0.25) is 9.59 Å². The Morgan fingerprint density at radius 1 is 1.19 bits per heavy atom. The molecule has 0 aliphatic carbocycles. The molecule has 2 aromatic rings. The molecular formula is C15H17NO2S3. The largest absolute Gasteiger partial charge is 0.355 e. The molecule has 0 aliphatic heterocycles. The maximum absolute atomic E-state index is 11.7. The maximum atomic E-state index is 11.7. The number of nitrogens with one attached hydrogen (secondary N) is 1. The molecule has 21 heavy (non-hydrogen) atoms. The van der Waals surface area contributed by atoms with Crippen molar-refractivity contribution in [3.05, 3.63) is 44.8 Å². The average Bonchev–Trinajstić information content (AvgIpc) is 3.17. The summed E-state index contributed by atoms with van der Waals surface area (Å²) in [7, 11) is 0. The van der Waals surface area contributed by atoms with E-state index in [-0.39, 0.29) is 24.5 Å². The van der Waals surface area contributed by atoms with Crippen LogP contribution in [0, 0.1) is 0 Å². The second-order valence-corrected chi connectivity index (χ2v) is 7.27. The van der Waals surface area contributed by atoms with E-state index in [1.165, 1.54) is 16.9 Å². The number of carbonyl (C=O) groups excluding carboxylic acids is 2. The number of rotatable bonds is 9. The summed E-state index contributed by atoms with van der Waals surface area (Å²) in [5.41, 5.74) is 1.33. The molecule has 0 saturated carbocycles. The molecule has 112 valence electrons. The van der Waals surface area contributed by atoms with Gasteiger partial charge in [0.2, 0.25) is 5.91 Å². The highest BCUT2D eigenvalue weighted by atomic mass is 32.2. The van der Waals surface area contributed by atoms with Crippen molar-refractivity contribution >= 4 is 46.1 Å². The van der Waals surface area contributed by atoms with Crippen LogP contribution >= 0.6 is 34.4 Å². The number of thiophene rings is 2. The van der Waals surface area contributed by atoms with Crippen molar-refractivity contribution in [3.63, 3.8) is 0 Å². The van der Waals surface area contributed by atoms with Gasteiger partial charge in [-0.05, 0) is 33.8 Å². The number of hydrogen-bond acceptors (Lipinski definition) is 5. The lowest BCUT2D eigenvalue weighted by Crippen LogP contribution is -2.26. The van der Waals surface area contributed by atoms with Crippen molar-refractivity contribution < 1.29 is 9.59 Å². The molecule has 2 aromatic heterocycles. The molecule has 0 bridgehead atoms. The van der Waals surface area contributed by atoms with E-state index in [2.05, 4.69) is 22.1 Å². The number of amides is 1. The fourth-order valence-corrected chi connectivity index (χ4v) is 3.98. The van der Waals surface area contributed by atoms with Gasteiger partial charge in [0.15, 0.2) is 5.78 Å². The van der Waals surface area contributed by atoms with Crippen molar-refractivity contribution in [1.29, 1.82) is 0 Å². The van der Waals surface area contributed by atoms with Gasteiger partial charge in [-0.15, -0.1) is 11.3 Å². The smallest absolute Gasteiger partial charge is 0.220 e. The first kappa shape index (κ1) is 16.3. The van der Waals surface area contributed by atoms with Crippen LogP contribution in [0.1, 0.15) is 28.1 Å². The predicted octanol–water partition coefficient (Wildman–Crippen LogP) is 3.82. The highest BCUT2D eigenvalue weighted by molar-refractivity contribution is 7.98. The fraction of sp³-hybridized carbons (Fsp3) is 0.333. The molecule has 0 fully saturated rings. The van der Waals surface area contributed by atoms with Gasteiger partial charge < -0.3 is 5.32 Å². The molecule has 0 atom stereocenters. The van der Waals surface area contributed by atoms with E-state index in [1.807, 2.05) is 11.4 Å². The van der Waals surface area contributed by atoms with Crippen LogP contribution in [0.15, 0.2) is 34.3 Å². The minimum Gasteiger partial charge on any atom is -0.355 e. The van der Waals surface area contributed by atoms with Gasteiger partial charge in [-0.1, -0.05) is 6.07 Å². The first-order chi connectivity index (χ1) is 10.3. The Kier molecular flexibility index (Phi) is 6.99. The number of Topliss-reactive ketones (excluding diaryl/α,β-unsaturated/α-hetero) is 1. The van der Waals surface area contributed by atoms with Crippen molar-refractivity contribution in [1.82, 2.24) is 5.32 Å². The van der Waals surface area contributed by atoms with E-state index in [9.17, 15) is 9.59 Å². The Balaban J connectivity index is 1.52. The van der Waals surface area contributed by atoms with Crippen LogP contribution in [0.25, 0.3) is 0 Å². The number of hydrogen-bond donors (Lipinski definition) is 1. The highest BCUT2D eigenvalue weighted by Gasteiger charge is 2.09. The van der Waals surface area contributed by atoms with Crippen LogP contribution in [0.4, 0.5) is 0 Å². The summed E-state index contributed by atoms with van der Waals surface area (Å²) >= 11 is 4.93. The standard InChI is InChI=1S/C15H17NO2S3/c17-13(14-2-1-7-21-14)3-4-15(18)16-6-9-20-11-12-5-8-19-10-12/h1-2,5,7-8,10H,3-4,6,9,11H2,(H,16,18). The van der Waals surface area contributed by atoms with Gasteiger partial charge in [0.1, 0.15) is 0 Å². The fourth-order valence-electron chi connectivity index (χ4n) is 1.70. The van der Waals surface area contributed by atoms with Gasteiger partial charge in [0, 0.05) is 30.9 Å². The molecule has 0 spiro atoms. The Hall–Kier alpha value is -1.11. The van der Waals surface area contributed by atoms with E-state index in [0.29, 0.717) is 6.54 Å². The molecule has 1 amide bonds. The molecule has 2 heterocycles. The van der Waals surface area contributed by atoms with Crippen molar-refractivity contribution in [2.24, 2.45) is 0 Å². The molecule has 2 rings (SSSR count). The first-order valence-electron chi connectivity index (χ1n) is 6.68. The van der Waals surface area contributed by atoms with E-state index in [0.717, 1.165) is 16.4 Å². The van der Waals surface area contributed by atoms with Crippen LogP contribution in [-0.2, 0) is 10.5 Å². The van der Waals surface area contributed by atoms with Crippen LogP contribution < -0.4 is 5.32 Å². The summed E-state index contributed by atoms with van der Waals surface area (Å²) in [6.07, 6.45) is 0.556. The lowest BCUT2D eigenvalue weighted by molar-refractivity contribution is -0.120. The average molecular weight is 340 g/mol. The van der Waals surface area contributed by atoms with Gasteiger partial charge in [0.25, 0.3) is 0 Å². The minimum atomic E-state index is -0.0453. The molecule has 0 aromatic carbocycles. The summed E-state index contributed by atoms with van der Waals surface area (Å²) in [6, 6.07) is 5.76. The van der Waals surface area contributed by atoms with Crippen molar-refractivity contribution in [3.8, 4) is 0 Å². The molecule has 0 saturated heterocycles. The normalized spacial score (nSPS) is 10.5. The Labute approximate surface area is 136 Å². The molecule has 0 unspecified atom stereocenters. The third-order valence-corrected chi connectivity index (χ3v) is 5.47. The summed E-state index contributed by atoms with van der Waals surface area (Å²) in [6.45, 7) is 0.654. The van der Waals surface area contributed by atoms with Gasteiger partial charge in [0.05, 0.1) is 4.88 Å². The molecule has 0 radical (unpaired) electrons. The van der Waals surface area contributed by atoms with Crippen LogP contribution in [0.3, 0.4) is 0 Å². The van der Waals surface area contributed by atoms with Gasteiger partial charge in [-0.25, -0.2) is 0 Å². The third-order valence-electron chi connectivity index (χ3n) is 2.79. The second kappa shape index (κ2) is 9.02. The summed E-state index contributed by atoms with van der Waals surface area (Å²) in [5.74, 6) is 1.87. The maximum Gasteiger partial charge on any atom is 0.220 e. The lowest BCUT2D eigenvalue weighted by atomic mass is 10.2. The molecule has 0 aliphatic rings. The Bertz CT molecular complexity index is 550. The quantitative estimate of drug-likeness (QED) is 0.558. The van der Waals surface area contributed by atoms with Crippen LogP contribution in [0.5, 0.6) is 0 Å². The van der Waals surface area contributed by atoms with E-state index < -0.39 is 0 Å². The third kappa shape index (κ3) is 6.03. The summed E-state index contributed by atoms with van der Waals surface area (Å²) in [4.78, 5) is 24.1. The zero-order valence-corrected chi connectivity index (χ0v) is 14.0. The SMILES string of the molecule is O=C(CCC(=O)c1cccs1)NCCSCc1ccsc1.